The molecule has 1 aliphatic carbocycles. The fraction of sp³-hybridized carbons (Fsp3) is 0. The number of para-hydroxylation sites is 2. The van der Waals surface area contributed by atoms with Crippen LogP contribution in [-0.4, -0.2) is 6.21 Å². The van der Waals surface area contributed by atoms with Crippen LogP contribution in [0.5, 0.6) is 0 Å². The third-order valence-corrected chi connectivity index (χ3v) is 3.16. The van der Waals surface area contributed by atoms with Crippen molar-refractivity contribution in [2.24, 2.45) is 4.99 Å². The highest BCUT2D eigenvalue weighted by Crippen LogP contribution is 2.19. The molecule has 0 spiro atoms. The van der Waals surface area contributed by atoms with Gasteiger partial charge in [-0.1, -0.05) is 54.6 Å². The molecule has 0 saturated heterocycles. The zero-order valence-electron chi connectivity index (χ0n) is 11.6. The van der Waals surface area contributed by atoms with Crippen LogP contribution in [0.4, 0.5) is 11.4 Å². The normalized spacial score (nSPS) is 15.6. The molecule has 0 atom stereocenters. The van der Waals surface area contributed by atoms with E-state index >= 15 is 0 Å². The van der Waals surface area contributed by atoms with Crippen molar-refractivity contribution in [3.8, 4) is 0 Å². The quantitative estimate of drug-likeness (QED) is 0.788. The molecule has 0 saturated carbocycles. The summed E-state index contributed by atoms with van der Waals surface area (Å²) >= 11 is 0. The topological polar surface area (TPSA) is 24.4 Å². The van der Waals surface area contributed by atoms with E-state index in [9.17, 15) is 0 Å². The fourth-order valence-electron chi connectivity index (χ4n) is 2.05. The highest BCUT2D eigenvalue weighted by molar-refractivity contribution is 5.89. The standard InChI is InChI=1S/C19H16N2/c1-3-10-18(11-4-1)20-14-16-8-7-9-17(16)15-21-19-12-5-2-6-13-19/h1-15,20H/b16-14-,21-15?. The van der Waals surface area contributed by atoms with E-state index < -0.39 is 0 Å². The van der Waals surface area contributed by atoms with E-state index in [1.807, 2.05) is 79.2 Å². The van der Waals surface area contributed by atoms with Crippen LogP contribution in [0.1, 0.15) is 0 Å². The van der Waals surface area contributed by atoms with Crippen molar-refractivity contribution in [3.63, 3.8) is 0 Å². The third-order valence-electron chi connectivity index (χ3n) is 3.16. The number of aliphatic imine (C=N–C) groups is 1. The maximum atomic E-state index is 4.49. The van der Waals surface area contributed by atoms with Gasteiger partial charge in [0.05, 0.1) is 5.69 Å². The average molecular weight is 272 g/mol. The Bertz CT molecular complexity index is 708. The molecule has 2 heteroatoms. The van der Waals surface area contributed by atoms with Gasteiger partial charge >= 0.3 is 0 Å². The van der Waals surface area contributed by atoms with Gasteiger partial charge in [-0.15, -0.1) is 0 Å². The molecule has 0 amide bonds. The number of anilines is 1. The van der Waals surface area contributed by atoms with Crippen LogP contribution in [0.25, 0.3) is 0 Å². The molecule has 0 aromatic heterocycles. The molecule has 2 aromatic carbocycles. The van der Waals surface area contributed by atoms with Crippen LogP contribution in [0, 0.1) is 0 Å². The van der Waals surface area contributed by atoms with Crippen LogP contribution in [0.3, 0.4) is 0 Å². The van der Waals surface area contributed by atoms with Gasteiger partial charge in [-0.25, -0.2) is 0 Å². The van der Waals surface area contributed by atoms with Crippen LogP contribution in [-0.2, 0) is 0 Å². The molecule has 0 heterocycles. The van der Waals surface area contributed by atoms with Crippen molar-refractivity contribution in [1.29, 1.82) is 0 Å². The van der Waals surface area contributed by atoms with Crippen molar-refractivity contribution in [2.45, 2.75) is 0 Å². The zero-order chi connectivity index (χ0) is 14.3. The molecule has 0 bridgehead atoms. The molecule has 1 N–H and O–H groups in total. The van der Waals surface area contributed by atoms with E-state index in [-0.39, 0.29) is 0 Å². The number of allylic oxidation sites excluding steroid dienone is 5. The van der Waals surface area contributed by atoms with Crippen LogP contribution >= 0.6 is 0 Å². The summed E-state index contributed by atoms with van der Waals surface area (Å²) in [4.78, 5) is 4.49. The minimum absolute atomic E-state index is 0.959. The van der Waals surface area contributed by atoms with Gasteiger partial charge in [0.25, 0.3) is 0 Å². The number of rotatable bonds is 4. The van der Waals surface area contributed by atoms with Gasteiger partial charge in [0, 0.05) is 23.7 Å². The maximum Gasteiger partial charge on any atom is 0.0629 e. The van der Waals surface area contributed by atoms with Crippen molar-refractivity contribution in [3.05, 3.63) is 96.2 Å². The Morgan fingerprint density at radius 3 is 2.33 bits per heavy atom. The van der Waals surface area contributed by atoms with Gasteiger partial charge in [-0.2, -0.15) is 0 Å². The van der Waals surface area contributed by atoms with E-state index in [2.05, 4.69) is 22.5 Å². The Kier molecular flexibility index (Phi) is 4.08. The highest BCUT2D eigenvalue weighted by atomic mass is 14.8. The monoisotopic (exact) mass is 272 g/mol. The van der Waals surface area contributed by atoms with Gasteiger partial charge < -0.3 is 5.32 Å². The smallest absolute Gasteiger partial charge is 0.0629 e. The van der Waals surface area contributed by atoms with E-state index in [4.69, 9.17) is 0 Å². The van der Waals surface area contributed by atoms with Crippen molar-refractivity contribution >= 4 is 17.6 Å². The van der Waals surface area contributed by atoms with Crippen LogP contribution in [0.2, 0.25) is 0 Å². The Labute approximate surface area is 124 Å². The summed E-state index contributed by atoms with van der Waals surface area (Å²) in [6.07, 6.45) is 10.1. The molecule has 2 aromatic rings. The van der Waals surface area contributed by atoms with Gasteiger partial charge in [0.15, 0.2) is 0 Å². The molecule has 1 aliphatic rings. The number of nitrogens with one attached hydrogen (secondary N) is 1. The molecule has 3 rings (SSSR count). The van der Waals surface area contributed by atoms with E-state index in [1.54, 1.807) is 0 Å². The lowest BCUT2D eigenvalue weighted by Gasteiger charge is -2.03. The van der Waals surface area contributed by atoms with E-state index in [0.29, 0.717) is 0 Å². The predicted octanol–water partition coefficient (Wildman–Crippen LogP) is 4.88. The SMILES string of the molecule is C1=C/C(=C/Nc2ccccc2)C(C=Nc2ccccc2)=C1. The van der Waals surface area contributed by atoms with Gasteiger partial charge in [-0.05, 0) is 29.8 Å². The lowest BCUT2D eigenvalue weighted by molar-refractivity contribution is 1.50. The summed E-state index contributed by atoms with van der Waals surface area (Å²) in [5.41, 5.74) is 4.26. The molecule has 21 heavy (non-hydrogen) atoms. The minimum atomic E-state index is 0.959. The molecule has 0 fully saturated rings. The van der Waals surface area contributed by atoms with Crippen molar-refractivity contribution in [2.75, 3.05) is 5.32 Å². The summed E-state index contributed by atoms with van der Waals surface area (Å²) in [5, 5.41) is 3.30. The summed E-state index contributed by atoms with van der Waals surface area (Å²) in [6, 6.07) is 20.1. The lowest BCUT2D eigenvalue weighted by Crippen LogP contribution is -1.92. The largest absolute Gasteiger partial charge is 0.361 e. The number of nitrogens with zero attached hydrogens (tertiary/aromatic N) is 1. The molecule has 0 unspecified atom stereocenters. The first-order valence-corrected chi connectivity index (χ1v) is 6.91. The van der Waals surface area contributed by atoms with Gasteiger partial charge in [0.2, 0.25) is 0 Å². The molecular weight excluding hydrogens is 256 g/mol. The Balaban J connectivity index is 1.70. The first-order chi connectivity index (χ1) is 10.4. The zero-order valence-corrected chi connectivity index (χ0v) is 11.6. The minimum Gasteiger partial charge on any atom is -0.361 e. The van der Waals surface area contributed by atoms with Crippen molar-refractivity contribution in [1.82, 2.24) is 0 Å². The second kappa shape index (κ2) is 6.53. The molecule has 0 radical (unpaired) electrons. The second-order valence-corrected chi connectivity index (χ2v) is 4.68. The third kappa shape index (κ3) is 3.57. The van der Waals surface area contributed by atoms with Gasteiger partial charge in [0.1, 0.15) is 0 Å². The average Bonchev–Trinajstić information content (AvgIpc) is 3.00. The number of benzene rings is 2. The molecule has 102 valence electrons. The Morgan fingerprint density at radius 2 is 1.57 bits per heavy atom. The summed E-state index contributed by atoms with van der Waals surface area (Å²) < 4.78 is 0. The molecule has 0 aliphatic heterocycles. The summed E-state index contributed by atoms with van der Waals surface area (Å²) in [6.45, 7) is 0. The maximum absolute atomic E-state index is 4.49. The van der Waals surface area contributed by atoms with Crippen molar-refractivity contribution < 1.29 is 0 Å². The number of hydrogen-bond donors (Lipinski definition) is 1. The lowest BCUT2D eigenvalue weighted by atomic mass is 10.1. The summed E-state index contributed by atoms with van der Waals surface area (Å²) in [5.74, 6) is 0. The summed E-state index contributed by atoms with van der Waals surface area (Å²) in [7, 11) is 0. The molecule has 2 nitrogen and oxygen atoms in total. The van der Waals surface area contributed by atoms with E-state index in [1.165, 1.54) is 0 Å². The Morgan fingerprint density at radius 1 is 0.857 bits per heavy atom. The Hall–Kier alpha value is -2.87. The molecular formula is C19H16N2. The predicted molar refractivity (Wildman–Crippen MR) is 90.0 cm³/mol. The highest BCUT2D eigenvalue weighted by Gasteiger charge is 2.03. The van der Waals surface area contributed by atoms with Gasteiger partial charge in [-0.3, -0.25) is 4.99 Å². The number of hydrogen-bond acceptors (Lipinski definition) is 2. The first kappa shape index (κ1) is 13.1. The van der Waals surface area contributed by atoms with Crippen LogP contribution in [0.15, 0.2) is 101 Å². The fourth-order valence-corrected chi connectivity index (χ4v) is 2.05. The second-order valence-electron chi connectivity index (χ2n) is 4.68. The van der Waals surface area contributed by atoms with E-state index in [0.717, 1.165) is 22.5 Å². The first-order valence-electron chi connectivity index (χ1n) is 6.91. The van der Waals surface area contributed by atoms with Crippen LogP contribution < -0.4 is 5.32 Å².